The first kappa shape index (κ1) is 25.6. The number of phosphoric ester groups is 1. The van der Waals surface area contributed by atoms with Gasteiger partial charge in [-0.15, -0.1) is 0 Å². The zero-order valence-corrected chi connectivity index (χ0v) is 25.5. The van der Waals surface area contributed by atoms with Gasteiger partial charge in [-0.2, -0.15) is 0 Å². The fourth-order valence-electron chi connectivity index (χ4n) is 3.41. The van der Waals surface area contributed by atoms with Crippen molar-refractivity contribution < 1.29 is 37.5 Å². The highest BCUT2D eigenvalue weighted by Crippen LogP contribution is 2.51. The Labute approximate surface area is 245 Å². The van der Waals surface area contributed by atoms with Crippen molar-refractivity contribution >= 4 is 16.1 Å². The molecular formula is C31H41O7PSi. The summed E-state index contributed by atoms with van der Waals surface area (Å²) in [6.45, 7) is 3.90. The molecule has 0 N–H and O–H groups in total. The molecule has 9 heteroatoms. The van der Waals surface area contributed by atoms with Gasteiger partial charge in [-0.25, -0.2) is 4.57 Å². The second-order valence-corrected chi connectivity index (χ2v) is 17.3. The number of phosphoric acid groups is 1. The number of hydrogen-bond acceptors (Lipinski definition) is 7. The molecule has 3 aromatic rings. The SMILES string of the molecule is [2H]C([2H])(O[Si](C)(C)C(C)(C)C)[C@H]1OC(c2ccccc2)O[C@@H]1C([2H])([2H])OP(=O)(OCc1ccccc1)OCc1ccccc1. The molecule has 0 saturated carbocycles. The van der Waals surface area contributed by atoms with Crippen LogP contribution in [0.5, 0.6) is 0 Å². The molecular weight excluding hydrogens is 543 g/mol. The predicted octanol–water partition coefficient (Wildman–Crippen LogP) is 8.05. The van der Waals surface area contributed by atoms with Gasteiger partial charge in [0.05, 0.1) is 31.8 Å². The molecule has 1 fully saturated rings. The minimum Gasteiger partial charge on any atom is -0.414 e. The summed E-state index contributed by atoms with van der Waals surface area (Å²) < 4.78 is 85.0. The summed E-state index contributed by atoms with van der Waals surface area (Å²) in [5, 5.41) is -0.351. The molecule has 1 aliphatic rings. The Balaban J connectivity index is 1.65. The lowest BCUT2D eigenvalue weighted by Gasteiger charge is -2.37. The maximum Gasteiger partial charge on any atom is 0.475 e. The quantitative estimate of drug-likeness (QED) is 0.148. The average molecular weight is 589 g/mol. The van der Waals surface area contributed by atoms with Gasteiger partial charge in [-0.05, 0) is 29.3 Å². The maximum absolute atomic E-state index is 14.1. The van der Waals surface area contributed by atoms with Crippen LogP contribution in [-0.4, -0.2) is 33.6 Å². The van der Waals surface area contributed by atoms with E-state index in [-0.39, 0.29) is 18.3 Å². The molecule has 0 bridgehead atoms. The summed E-state index contributed by atoms with van der Waals surface area (Å²) in [5.41, 5.74) is 1.88. The van der Waals surface area contributed by atoms with Gasteiger partial charge in [0.15, 0.2) is 14.6 Å². The average Bonchev–Trinajstić information content (AvgIpc) is 3.44. The molecule has 1 unspecified atom stereocenters. The molecule has 1 saturated heterocycles. The minimum absolute atomic E-state index is 0.184. The predicted molar refractivity (Wildman–Crippen MR) is 158 cm³/mol. The maximum atomic E-state index is 14.1. The van der Waals surface area contributed by atoms with E-state index in [1.54, 1.807) is 78.9 Å². The summed E-state index contributed by atoms with van der Waals surface area (Å²) in [7, 11) is -7.35. The van der Waals surface area contributed by atoms with Crippen LogP contribution in [0.15, 0.2) is 91.0 Å². The fraction of sp³-hybridized carbons (Fsp3) is 0.419. The van der Waals surface area contributed by atoms with E-state index in [1.165, 1.54) is 0 Å². The molecule has 3 aromatic carbocycles. The summed E-state index contributed by atoms with van der Waals surface area (Å²) in [6, 6.07) is 26.6. The molecule has 4 rings (SSSR count). The van der Waals surface area contributed by atoms with Crippen LogP contribution in [0.4, 0.5) is 0 Å². The summed E-state index contributed by atoms with van der Waals surface area (Å²) >= 11 is 0. The molecule has 0 aliphatic carbocycles. The van der Waals surface area contributed by atoms with Gasteiger partial charge in [-0.3, -0.25) is 13.6 Å². The van der Waals surface area contributed by atoms with E-state index in [2.05, 4.69) is 0 Å². The topological polar surface area (TPSA) is 72.5 Å². The van der Waals surface area contributed by atoms with Gasteiger partial charge in [-0.1, -0.05) is 112 Å². The monoisotopic (exact) mass is 588 g/mol. The molecule has 0 radical (unpaired) electrons. The van der Waals surface area contributed by atoms with Crippen molar-refractivity contribution in [2.24, 2.45) is 0 Å². The number of benzene rings is 3. The van der Waals surface area contributed by atoms with Gasteiger partial charge in [0, 0.05) is 5.56 Å². The van der Waals surface area contributed by atoms with Crippen molar-refractivity contribution in [1.29, 1.82) is 0 Å². The van der Waals surface area contributed by atoms with Crippen LogP contribution in [0.25, 0.3) is 0 Å². The van der Waals surface area contributed by atoms with Crippen molar-refractivity contribution in [3.8, 4) is 0 Å². The van der Waals surface area contributed by atoms with Gasteiger partial charge in [0.2, 0.25) is 0 Å². The Bertz CT molecular complexity index is 1340. The highest BCUT2D eigenvalue weighted by atomic mass is 31.2. The van der Waals surface area contributed by atoms with Gasteiger partial charge < -0.3 is 13.9 Å². The van der Waals surface area contributed by atoms with Crippen LogP contribution < -0.4 is 0 Å². The molecule has 0 amide bonds. The van der Waals surface area contributed by atoms with Gasteiger partial charge in [0.1, 0.15) is 12.2 Å². The molecule has 40 heavy (non-hydrogen) atoms. The van der Waals surface area contributed by atoms with E-state index in [0.717, 1.165) is 0 Å². The lowest BCUT2D eigenvalue weighted by molar-refractivity contribution is -0.0769. The molecule has 0 aromatic heterocycles. The first-order chi connectivity index (χ1) is 20.5. The zero-order valence-electron chi connectivity index (χ0n) is 27.6. The summed E-state index contributed by atoms with van der Waals surface area (Å²) in [5.74, 6) is 0. The Morgan fingerprint density at radius 2 is 1.20 bits per heavy atom. The van der Waals surface area contributed by atoms with Crippen LogP contribution in [0.3, 0.4) is 0 Å². The normalized spacial score (nSPS) is 22.3. The van der Waals surface area contributed by atoms with Crippen LogP contribution >= 0.6 is 7.82 Å². The third-order valence-corrected chi connectivity index (χ3v) is 12.3. The molecule has 1 aliphatic heterocycles. The van der Waals surface area contributed by atoms with E-state index in [4.69, 9.17) is 33.0 Å². The first-order valence-electron chi connectivity index (χ1n) is 15.3. The summed E-state index contributed by atoms with van der Waals surface area (Å²) in [4.78, 5) is 0. The molecule has 0 spiro atoms. The van der Waals surface area contributed by atoms with E-state index in [1.807, 2.05) is 46.0 Å². The molecule has 216 valence electrons. The Hall–Kier alpha value is -2.13. The van der Waals surface area contributed by atoms with Gasteiger partial charge in [0.25, 0.3) is 0 Å². The molecule has 1 heterocycles. The van der Waals surface area contributed by atoms with Crippen molar-refractivity contribution in [2.45, 2.75) is 70.6 Å². The number of ether oxygens (including phenoxy) is 2. The number of hydrogen-bond donors (Lipinski definition) is 0. The van der Waals surface area contributed by atoms with Crippen LogP contribution in [0, 0.1) is 0 Å². The Morgan fingerprint density at radius 1 is 0.750 bits per heavy atom. The van der Waals surface area contributed by atoms with Crippen LogP contribution in [0.1, 0.15) is 49.2 Å². The highest BCUT2D eigenvalue weighted by Gasteiger charge is 2.43. The van der Waals surface area contributed by atoms with E-state index in [0.29, 0.717) is 16.7 Å². The number of rotatable bonds is 13. The van der Waals surface area contributed by atoms with Crippen molar-refractivity contribution in [3.05, 3.63) is 108 Å². The first-order valence-corrected chi connectivity index (χ1v) is 17.6. The fourth-order valence-corrected chi connectivity index (χ4v) is 5.15. The van der Waals surface area contributed by atoms with E-state index < -0.39 is 47.8 Å². The van der Waals surface area contributed by atoms with Crippen molar-refractivity contribution in [2.75, 3.05) is 13.1 Å². The Kier molecular flexibility index (Phi) is 8.75. The summed E-state index contributed by atoms with van der Waals surface area (Å²) in [6.07, 6.45) is -4.46. The zero-order chi connectivity index (χ0) is 32.2. The highest BCUT2D eigenvalue weighted by molar-refractivity contribution is 7.48. The van der Waals surface area contributed by atoms with Crippen LogP contribution in [0.2, 0.25) is 18.1 Å². The third-order valence-electron chi connectivity index (χ3n) is 6.87. The lowest BCUT2D eigenvalue weighted by atomic mass is 10.2. The molecule has 7 nitrogen and oxygen atoms in total. The van der Waals surface area contributed by atoms with Crippen molar-refractivity contribution in [1.82, 2.24) is 0 Å². The smallest absolute Gasteiger partial charge is 0.414 e. The van der Waals surface area contributed by atoms with E-state index >= 15 is 0 Å². The second kappa shape index (κ2) is 13.7. The second-order valence-electron chi connectivity index (χ2n) is 11.0. The molecule has 3 atom stereocenters. The van der Waals surface area contributed by atoms with Crippen LogP contribution in [-0.2, 0) is 45.2 Å². The third kappa shape index (κ3) is 8.68. The largest absolute Gasteiger partial charge is 0.475 e. The van der Waals surface area contributed by atoms with Gasteiger partial charge >= 0.3 is 7.82 Å². The Morgan fingerprint density at radius 3 is 1.68 bits per heavy atom. The van der Waals surface area contributed by atoms with Crippen molar-refractivity contribution in [3.63, 3.8) is 0 Å². The van der Waals surface area contributed by atoms with E-state index in [9.17, 15) is 4.57 Å². The minimum atomic E-state index is -4.63. The lowest BCUT2D eigenvalue weighted by Crippen LogP contribution is -2.44. The standard InChI is InChI=1S/C31H41O7PSi/c1-31(2,3)40(4,5)36-24-29-28(37-30(38-29)27-19-13-8-14-20-27)23-35-39(32,33-21-25-15-9-6-10-16-25)34-22-26-17-11-7-12-18-26/h6-20,28-30H,21-24H2,1-5H3/t28-,29-,30?/m1/s1/i23D2,24D2.